The Hall–Kier alpha value is -0.120. The molecule has 114 valence electrons. The highest BCUT2D eigenvalue weighted by molar-refractivity contribution is 4.84. The fourth-order valence-corrected chi connectivity index (χ4v) is 2.96. The van der Waals surface area contributed by atoms with Crippen molar-refractivity contribution in [3.63, 3.8) is 0 Å². The Bertz CT molecular complexity index is 259. The summed E-state index contributed by atoms with van der Waals surface area (Å²) < 4.78 is 0. The molecule has 1 fully saturated rings. The summed E-state index contributed by atoms with van der Waals surface area (Å²) in [6.45, 7) is 18.7. The van der Waals surface area contributed by atoms with E-state index < -0.39 is 0 Å². The van der Waals surface area contributed by atoms with Gasteiger partial charge in [0.1, 0.15) is 0 Å². The molecule has 19 heavy (non-hydrogen) atoms. The van der Waals surface area contributed by atoms with Crippen LogP contribution in [0.3, 0.4) is 0 Å². The van der Waals surface area contributed by atoms with Gasteiger partial charge in [-0.3, -0.25) is 4.90 Å². The molecule has 0 saturated carbocycles. The predicted molar refractivity (Wildman–Crippen MR) is 84.7 cm³/mol. The summed E-state index contributed by atoms with van der Waals surface area (Å²) in [6.07, 6.45) is 1.30. The van der Waals surface area contributed by atoms with Crippen LogP contribution in [0.1, 0.15) is 48.0 Å². The van der Waals surface area contributed by atoms with E-state index in [4.69, 9.17) is 0 Å². The first kappa shape index (κ1) is 16.9. The fraction of sp³-hybridized carbons (Fsp3) is 1.00. The van der Waals surface area contributed by atoms with E-state index in [2.05, 4.69) is 63.7 Å². The Balaban J connectivity index is 2.52. The molecule has 1 saturated heterocycles. The van der Waals surface area contributed by atoms with Crippen LogP contribution in [0, 0.1) is 5.92 Å². The van der Waals surface area contributed by atoms with E-state index in [1.54, 1.807) is 0 Å². The van der Waals surface area contributed by atoms with E-state index >= 15 is 0 Å². The molecule has 3 nitrogen and oxygen atoms in total. The lowest BCUT2D eigenvalue weighted by Crippen LogP contribution is -2.49. The van der Waals surface area contributed by atoms with Crippen LogP contribution in [-0.2, 0) is 0 Å². The van der Waals surface area contributed by atoms with E-state index in [1.165, 1.54) is 26.1 Å². The van der Waals surface area contributed by atoms with Crippen LogP contribution in [0.5, 0.6) is 0 Å². The van der Waals surface area contributed by atoms with Gasteiger partial charge in [-0.15, -0.1) is 0 Å². The first-order chi connectivity index (χ1) is 8.70. The van der Waals surface area contributed by atoms with Crippen molar-refractivity contribution in [1.29, 1.82) is 0 Å². The summed E-state index contributed by atoms with van der Waals surface area (Å²) in [7, 11) is 2.25. The van der Waals surface area contributed by atoms with Gasteiger partial charge < -0.3 is 10.2 Å². The average Bonchev–Trinajstić information content (AvgIpc) is 2.45. The molecule has 0 aromatic heterocycles. The van der Waals surface area contributed by atoms with Gasteiger partial charge in [0.2, 0.25) is 0 Å². The standard InChI is InChI=1S/C16H35N3/c1-13(11-17-16(4,5)6)15(3)19-10-8-9-18(7)12-14(19)2/h13-15,17H,8-12H2,1-7H3. The van der Waals surface area contributed by atoms with Crippen molar-refractivity contribution in [1.82, 2.24) is 15.1 Å². The summed E-state index contributed by atoms with van der Waals surface area (Å²) in [4.78, 5) is 5.17. The highest BCUT2D eigenvalue weighted by Gasteiger charge is 2.27. The quantitative estimate of drug-likeness (QED) is 0.845. The van der Waals surface area contributed by atoms with E-state index in [0.29, 0.717) is 18.0 Å². The van der Waals surface area contributed by atoms with Crippen LogP contribution in [0.2, 0.25) is 0 Å². The zero-order chi connectivity index (χ0) is 14.6. The minimum atomic E-state index is 0.221. The number of hydrogen-bond acceptors (Lipinski definition) is 3. The van der Waals surface area contributed by atoms with Crippen LogP contribution < -0.4 is 5.32 Å². The molecule has 1 aliphatic heterocycles. The number of rotatable bonds is 4. The van der Waals surface area contributed by atoms with E-state index in [0.717, 1.165) is 6.54 Å². The van der Waals surface area contributed by atoms with Crippen molar-refractivity contribution >= 4 is 0 Å². The van der Waals surface area contributed by atoms with Crippen molar-refractivity contribution < 1.29 is 0 Å². The molecule has 0 aliphatic carbocycles. The Morgan fingerprint density at radius 2 is 1.84 bits per heavy atom. The Kier molecular flexibility index (Phi) is 6.28. The van der Waals surface area contributed by atoms with Crippen LogP contribution >= 0.6 is 0 Å². The zero-order valence-electron chi connectivity index (χ0n) is 14.2. The maximum atomic E-state index is 3.64. The van der Waals surface area contributed by atoms with Crippen LogP contribution in [-0.4, -0.2) is 60.6 Å². The minimum absolute atomic E-state index is 0.221. The fourth-order valence-electron chi connectivity index (χ4n) is 2.96. The first-order valence-electron chi connectivity index (χ1n) is 7.90. The molecule has 3 heteroatoms. The Labute approximate surface area is 120 Å². The van der Waals surface area contributed by atoms with E-state index in [1.807, 2.05) is 0 Å². The van der Waals surface area contributed by atoms with E-state index in [9.17, 15) is 0 Å². The SMILES string of the molecule is CC(CNC(C)(C)C)C(C)N1CCCN(C)CC1C. The normalized spacial score (nSPS) is 27.0. The summed E-state index contributed by atoms with van der Waals surface area (Å²) in [5, 5.41) is 3.64. The van der Waals surface area contributed by atoms with Gasteiger partial charge in [0, 0.05) is 24.2 Å². The highest BCUT2D eigenvalue weighted by Crippen LogP contribution is 2.18. The third kappa shape index (κ3) is 5.80. The summed E-state index contributed by atoms with van der Waals surface area (Å²) in [6, 6.07) is 1.32. The third-order valence-electron chi connectivity index (χ3n) is 4.40. The van der Waals surface area contributed by atoms with Crippen LogP contribution in [0.15, 0.2) is 0 Å². The van der Waals surface area contributed by atoms with Crippen LogP contribution in [0.4, 0.5) is 0 Å². The van der Waals surface area contributed by atoms with Gasteiger partial charge in [-0.1, -0.05) is 6.92 Å². The summed E-state index contributed by atoms with van der Waals surface area (Å²) in [5.74, 6) is 0.685. The molecule has 0 amide bonds. The van der Waals surface area contributed by atoms with Crippen molar-refractivity contribution in [2.45, 2.75) is 65.6 Å². The number of nitrogens with zero attached hydrogens (tertiary/aromatic N) is 2. The molecule has 1 aliphatic rings. The van der Waals surface area contributed by atoms with Gasteiger partial charge in [-0.25, -0.2) is 0 Å². The molecular formula is C16H35N3. The van der Waals surface area contributed by atoms with Crippen molar-refractivity contribution in [3.05, 3.63) is 0 Å². The molecule has 0 aromatic rings. The second-order valence-corrected chi connectivity index (χ2v) is 7.55. The number of hydrogen-bond donors (Lipinski definition) is 1. The molecular weight excluding hydrogens is 234 g/mol. The molecule has 0 radical (unpaired) electrons. The molecule has 3 atom stereocenters. The van der Waals surface area contributed by atoms with Crippen molar-refractivity contribution in [2.24, 2.45) is 5.92 Å². The largest absolute Gasteiger partial charge is 0.312 e. The summed E-state index contributed by atoms with van der Waals surface area (Å²) >= 11 is 0. The highest BCUT2D eigenvalue weighted by atomic mass is 15.2. The smallest absolute Gasteiger partial charge is 0.0197 e. The van der Waals surface area contributed by atoms with Crippen molar-refractivity contribution in [2.75, 3.05) is 33.2 Å². The third-order valence-corrected chi connectivity index (χ3v) is 4.40. The molecule has 0 bridgehead atoms. The lowest BCUT2D eigenvalue weighted by atomic mass is 9.98. The average molecular weight is 269 g/mol. The topological polar surface area (TPSA) is 18.5 Å². The molecule has 3 unspecified atom stereocenters. The lowest BCUT2D eigenvalue weighted by Gasteiger charge is -2.38. The van der Waals surface area contributed by atoms with Gasteiger partial charge in [0.05, 0.1) is 0 Å². The zero-order valence-corrected chi connectivity index (χ0v) is 14.2. The minimum Gasteiger partial charge on any atom is -0.312 e. The lowest BCUT2D eigenvalue weighted by molar-refractivity contribution is 0.113. The number of likely N-dealkylation sites (N-methyl/N-ethyl adjacent to an activating group) is 1. The summed E-state index contributed by atoms with van der Waals surface area (Å²) in [5.41, 5.74) is 0.221. The van der Waals surface area contributed by atoms with Gasteiger partial charge >= 0.3 is 0 Å². The van der Waals surface area contributed by atoms with Gasteiger partial charge in [-0.05, 0) is 73.6 Å². The van der Waals surface area contributed by atoms with Gasteiger partial charge in [0.15, 0.2) is 0 Å². The van der Waals surface area contributed by atoms with Crippen molar-refractivity contribution in [3.8, 4) is 0 Å². The molecule has 1 N–H and O–H groups in total. The molecule has 0 aromatic carbocycles. The maximum Gasteiger partial charge on any atom is 0.0197 e. The Morgan fingerprint density at radius 1 is 1.21 bits per heavy atom. The monoisotopic (exact) mass is 269 g/mol. The Morgan fingerprint density at radius 3 is 2.42 bits per heavy atom. The first-order valence-corrected chi connectivity index (χ1v) is 7.90. The van der Waals surface area contributed by atoms with Gasteiger partial charge in [0.25, 0.3) is 0 Å². The maximum absolute atomic E-state index is 3.64. The second kappa shape index (κ2) is 7.05. The molecule has 0 spiro atoms. The van der Waals surface area contributed by atoms with Crippen LogP contribution in [0.25, 0.3) is 0 Å². The van der Waals surface area contributed by atoms with Gasteiger partial charge in [-0.2, -0.15) is 0 Å². The molecule has 1 rings (SSSR count). The predicted octanol–water partition coefficient (Wildman–Crippen LogP) is 2.43. The number of nitrogens with one attached hydrogen (secondary N) is 1. The second-order valence-electron chi connectivity index (χ2n) is 7.55. The molecule has 1 heterocycles. The van der Waals surface area contributed by atoms with E-state index in [-0.39, 0.29) is 5.54 Å².